The van der Waals surface area contributed by atoms with E-state index in [0.29, 0.717) is 43.0 Å². The number of rotatable bonds is 6. The highest BCUT2D eigenvalue weighted by atomic mass is 19.2. The zero-order valence-corrected chi connectivity index (χ0v) is 21.0. The highest BCUT2D eigenvalue weighted by Crippen LogP contribution is 2.32. The normalized spacial score (nSPS) is 13.4. The summed E-state index contributed by atoms with van der Waals surface area (Å²) in [6.45, 7) is 1.91. The van der Waals surface area contributed by atoms with Crippen LogP contribution in [0.3, 0.4) is 0 Å². The maximum Gasteiger partial charge on any atom is 0.326 e. The molecule has 1 aliphatic heterocycles. The van der Waals surface area contributed by atoms with Gasteiger partial charge in [-0.3, -0.25) is 9.47 Å². The number of carbonyl (C=O) groups excluding carboxylic acids is 1. The second-order valence-electron chi connectivity index (χ2n) is 9.16. The number of hydrogen-bond donors (Lipinski definition) is 1. The van der Waals surface area contributed by atoms with Crippen molar-refractivity contribution in [3.05, 3.63) is 100 Å². The first kappa shape index (κ1) is 26.0. The number of benzene rings is 2. The number of fused-ring (bicyclic) bond motifs is 3. The van der Waals surface area contributed by atoms with Crippen LogP contribution in [0.1, 0.15) is 27.9 Å². The molecular weight excluding hydrogens is 507 g/mol. The fraction of sp³-hybridized carbons (Fsp3) is 0.207. The highest BCUT2D eigenvalue weighted by molar-refractivity contribution is 5.96. The number of nitrogens with zero attached hydrogens (tertiary/aromatic N) is 4. The maximum atomic E-state index is 13.5. The summed E-state index contributed by atoms with van der Waals surface area (Å²) < 4.78 is 47.1. The van der Waals surface area contributed by atoms with Crippen molar-refractivity contribution in [1.29, 1.82) is 5.26 Å². The van der Waals surface area contributed by atoms with E-state index in [1.807, 2.05) is 0 Å². The van der Waals surface area contributed by atoms with E-state index in [-0.39, 0.29) is 18.1 Å². The minimum absolute atomic E-state index is 0.225. The van der Waals surface area contributed by atoms with E-state index in [9.17, 15) is 23.2 Å². The lowest BCUT2D eigenvalue weighted by molar-refractivity contribution is 0.240. The third-order valence-corrected chi connectivity index (χ3v) is 6.69. The molecule has 3 heterocycles. The Balaban J connectivity index is 1.38. The molecule has 198 valence electrons. The first-order chi connectivity index (χ1) is 18.9. The molecule has 0 radical (unpaired) electrons. The van der Waals surface area contributed by atoms with Gasteiger partial charge in [-0.2, -0.15) is 5.26 Å². The first-order valence-corrected chi connectivity index (χ1v) is 12.2. The smallest absolute Gasteiger partial charge is 0.326 e. The molecule has 0 saturated carbocycles. The Bertz CT molecular complexity index is 1620. The van der Waals surface area contributed by atoms with Gasteiger partial charge in [0.05, 0.1) is 24.3 Å². The molecule has 0 atom stereocenters. The molecule has 7 nitrogen and oxygen atoms in total. The number of methoxy groups -OCH3 is 1. The van der Waals surface area contributed by atoms with Gasteiger partial charge in [-0.25, -0.2) is 22.9 Å². The highest BCUT2D eigenvalue weighted by Gasteiger charge is 2.26. The van der Waals surface area contributed by atoms with E-state index in [1.165, 1.54) is 7.11 Å². The van der Waals surface area contributed by atoms with E-state index in [0.717, 1.165) is 34.3 Å². The second kappa shape index (κ2) is 11.0. The lowest BCUT2D eigenvalue weighted by Crippen LogP contribution is -2.34. The van der Waals surface area contributed by atoms with Gasteiger partial charge in [-0.1, -0.05) is 12.2 Å². The summed E-state index contributed by atoms with van der Waals surface area (Å²) in [5.74, 6) is -3.51. The van der Waals surface area contributed by atoms with Gasteiger partial charge in [-0.05, 0) is 53.1 Å². The minimum Gasteiger partial charge on any atom is -0.481 e. The topological polar surface area (TPSA) is 83.2 Å². The Labute approximate surface area is 222 Å². The van der Waals surface area contributed by atoms with Crippen LogP contribution in [0.2, 0.25) is 0 Å². The average Bonchev–Trinajstić information content (AvgIpc) is 3.27. The number of halogens is 3. The van der Waals surface area contributed by atoms with Gasteiger partial charge in [0.15, 0.2) is 17.5 Å². The fourth-order valence-electron chi connectivity index (χ4n) is 4.81. The molecule has 0 spiro atoms. The van der Waals surface area contributed by atoms with Crippen LogP contribution < -0.4 is 10.1 Å². The van der Waals surface area contributed by atoms with Crippen LogP contribution in [-0.2, 0) is 19.5 Å². The molecule has 1 amide bonds. The number of nitrogens with one attached hydrogen (secondary N) is 1. The van der Waals surface area contributed by atoms with Crippen molar-refractivity contribution in [3.8, 4) is 11.9 Å². The predicted octanol–water partition coefficient (Wildman–Crippen LogP) is 5.16. The van der Waals surface area contributed by atoms with E-state index in [4.69, 9.17) is 4.74 Å². The summed E-state index contributed by atoms with van der Waals surface area (Å²) in [5, 5.41) is 13.2. The lowest BCUT2D eigenvalue weighted by Gasteiger charge is -2.27. The molecule has 1 N–H and O–H groups in total. The monoisotopic (exact) mass is 531 g/mol. The zero-order valence-electron chi connectivity index (χ0n) is 21.0. The van der Waals surface area contributed by atoms with Crippen molar-refractivity contribution in [1.82, 2.24) is 19.8 Å². The van der Waals surface area contributed by atoms with Crippen molar-refractivity contribution < 1.29 is 22.7 Å². The van der Waals surface area contributed by atoms with Crippen LogP contribution in [0.5, 0.6) is 5.88 Å². The molecule has 10 heteroatoms. The van der Waals surface area contributed by atoms with Gasteiger partial charge in [0.25, 0.3) is 0 Å². The van der Waals surface area contributed by atoms with Gasteiger partial charge < -0.3 is 10.1 Å². The number of amides is 1. The Kier molecular flexibility index (Phi) is 7.34. The largest absolute Gasteiger partial charge is 0.481 e. The van der Waals surface area contributed by atoms with Crippen molar-refractivity contribution in [2.24, 2.45) is 0 Å². The average molecular weight is 532 g/mol. The fourth-order valence-corrected chi connectivity index (χ4v) is 4.81. The van der Waals surface area contributed by atoms with Crippen LogP contribution in [0, 0.1) is 28.8 Å². The van der Waals surface area contributed by atoms with E-state index in [1.54, 1.807) is 53.2 Å². The lowest BCUT2D eigenvalue weighted by atomic mass is 10.0. The van der Waals surface area contributed by atoms with Gasteiger partial charge in [0.2, 0.25) is 5.88 Å². The summed E-state index contributed by atoms with van der Waals surface area (Å²) in [4.78, 5) is 19.6. The van der Waals surface area contributed by atoms with Crippen molar-refractivity contribution in [2.45, 2.75) is 19.5 Å². The maximum absolute atomic E-state index is 13.5. The summed E-state index contributed by atoms with van der Waals surface area (Å²) >= 11 is 0. The minimum atomic E-state index is -1.49. The Hall–Kier alpha value is -4.62. The van der Waals surface area contributed by atoms with Gasteiger partial charge >= 0.3 is 6.03 Å². The van der Waals surface area contributed by atoms with Crippen molar-refractivity contribution in [3.63, 3.8) is 0 Å². The summed E-state index contributed by atoms with van der Waals surface area (Å²) in [6, 6.07) is 12.6. The molecular formula is C29H24F3N5O2. The van der Waals surface area contributed by atoms with Crippen molar-refractivity contribution >= 4 is 23.0 Å². The number of pyridine rings is 1. The molecule has 1 aliphatic rings. The quantitative estimate of drug-likeness (QED) is 0.348. The zero-order chi connectivity index (χ0) is 27.5. The molecule has 5 rings (SSSR count). The van der Waals surface area contributed by atoms with Crippen LogP contribution in [0.15, 0.2) is 54.7 Å². The second-order valence-corrected chi connectivity index (χ2v) is 9.16. The number of hydrogen-bond acceptors (Lipinski definition) is 5. The third-order valence-electron chi connectivity index (χ3n) is 6.69. The molecule has 0 saturated heterocycles. The van der Waals surface area contributed by atoms with Crippen LogP contribution in [-0.4, -0.2) is 40.7 Å². The van der Waals surface area contributed by atoms with Crippen LogP contribution in [0.4, 0.5) is 18.0 Å². The molecule has 2 aromatic carbocycles. The van der Waals surface area contributed by atoms with Crippen molar-refractivity contribution in [2.75, 3.05) is 20.2 Å². The molecule has 0 aliphatic carbocycles. The van der Waals surface area contributed by atoms with E-state index >= 15 is 0 Å². The number of aromatic nitrogens is 2. The van der Waals surface area contributed by atoms with Crippen LogP contribution in [0.25, 0.3) is 17.0 Å². The Morgan fingerprint density at radius 3 is 2.72 bits per heavy atom. The number of carbonyl (C=O) groups is 1. The van der Waals surface area contributed by atoms with Crippen LogP contribution >= 0.6 is 0 Å². The summed E-state index contributed by atoms with van der Waals surface area (Å²) in [6.07, 6.45) is 5.49. The van der Waals surface area contributed by atoms with Gasteiger partial charge in [-0.15, -0.1) is 0 Å². The molecule has 0 fully saturated rings. The summed E-state index contributed by atoms with van der Waals surface area (Å²) in [7, 11) is 1.53. The number of ether oxygens (including phenoxy) is 1. The predicted molar refractivity (Wildman–Crippen MR) is 139 cm³/mol. The number of nitriles is 1. The molecule has 0 bridgehead atoms. The molecule has 2 aromatic heterocycles. The standard InChI is InChI=1S/C29H24F3N5O2/c1-39-27-14-20(6-8-34-27)16-35-29(38)37-25-5-4-19(15-33)11-21(25)22-17-36(10-7-26(22)37)9-2-3-18-12-23(30)28(32)24(31)13-18/h2-6,8,11-14H,7,9-10,16-17H2,1H3,(H,35,38). The van der Waals surface area contributed by atoms with E-state index in [2.05, 4.69) is 21.3 Å². The Morgan fingerprint density at radius 1 is 1.18 bits per heavy atom. The van der Waals surface area contributed by atoms with Gasteiger partial charge in [0.1, 0.15) is 0 Å². The third kappa shape index (κ3) is 5.35. The molecule has 0 unspecified atom stereocenters. The Morgan fingerprint density at radius 2 is 1.97 bits per heavy atom. The van der Waals surface area contributed by atoms with E-state index < -0.39 is 17.5 Å². The molecule has 39 heavy (non-hydrogen) atoms. The molecule has 4 aromatic rings. The summed E-state index contributed by atoms with van der Waals surface area (Å²) in [5.41, 5.74) is 4.07. The SMILES string of the molecule is COc1cc(CNC(=O)n2c3c(c4cc(C#N)ccc42)CN(CC=Cc2cc(F)c(F)c(F)c2)CC3)ccn1. The van der Waals surface area contributed by atoms with Gasteiger partial charge in [0, 0.05) is 55.9 Å². The first-order valence-electron chi connectivity index (χ1n) is 12.2.